The number of carbonyl (C=O) groups is 1. The smallest absolute Gasteiger partial charge is 0.413 e. The van der Waals surface area contributed by atoms with E-state index in [0.717, 1.165) is 5.69 Å². The first kappa shape index (κ1) is 13.0. The Morgan fingerprint density at radius 3 is 2.56 bits per heavy atom. The normalized spacial score (nSPS) is 11.6. The van der Waals surface area contributed by atoms with E-state index in [4.69, 9.17) is 4.74 Å². The summed E-state index contributed by atoms with van der Waals surface area (Å²) in [7, 11) is 0. The van der Waals surface area contributed by atoms with Crippen molar-refractivity contribution in [2.24, 2.45) is 0 Å². The Labute approximate surface area is 100 Å². The molecule has 0 saturated heterocycles. The number of amides is 1. The lowest BCUT2D eigenvalue weighted by Crippen LogP contribution is -2.27. The molecule has 1 aromatic rings. The van der Waals surface area contributed by atoms with Gasteiger partial charge in [0.15, 0.2) is 5.13 Å². The lowest BCUT2D eigenvalue weighted by atomic mass is 10.2. The van der Waals surface area contributed by atoms with E-state index in [1.807, 2.05) is 26.2 Å². The summed E-state index contributed by atoms with van der Waals surface area (Å²) in [5.74, 6) is 0.366. The van der Waals surface area contributed by atoms with Crippen LogP contribution in [0.2, 0.25) is 0 Å². The third kappa shape index (κ3) is 4.18. The molecule has 90 valence electrons. The van der Waals surface area contributed by atoms with Gasteiger partial charge in [0.2, 0.25) is 0 Å². The summed E-state index contributed by atoms with van der Waals surface area (Å²) in [5, 5.41) is 5.14. The second-order valence-electron chi connectivity index (χ2n) is 4.86. The molecule has 1 N–H and O–H groups in total. The van der Waals surface area contributed by atoms with E-state index in [2.05, 4.69) is 24.1 Å². The zero-order valence-corrected chi connectivity index (χ0v) is 11.1. The Bertz CT molecular complexity index is 366. The molecule has 1 amide bonds. The number of hydrogen-bond donors (Lipinski definition) is 1. The van der Waals surface area contributed by atoms with Crippen LogP contribution >= 0.6 is 11.3 Å². The van der Waals surface area contributed by atoms with E-state index >= 15 is 0 Å². The number of anilines is 1. The molecule has 1 heterocycles. The fourth-order valence-corrected chi connectivity index (χ4v) is 1.86. The first-order valence-electron chi connectivity index (χ1n) is 5.23. The van der Waals surface area contributed by atoms with Crippen LogP contribution in [0.4, 0.5) is 9.93 Å². The van der Waals surface area contributed by atoms with Gasteiger partial charge in [0.1, 0.15) is 5.60 Å². The molecule has 16 heavy (non-hydrogen) atoms. The van der Waals surface area contributed by atoms with Crippen molar-refractivity contribution in [3.63, 3.8) is 0 Å². The van der Waals surface area contributed by atoms with Gasteiger partial charge in [-0.1, -0.05) is 13.8 Å². The molecule has 0 fully saturated rings. The monoisotopic (exact) mass is 242 g/mol. The summed E-state index contributed by atoms with van der Waals surface area (Å²) in [5.41, 5.74) is 0.499. The highest BCUT2D eigenvalue weighted by Gasteiger charge is 2.17. The van der Waals surface area contributed by atoms with Crippen LogP contribution in [-0.4, -0.2) is 16.7 Å². The van der Waals surface area contributed by atoms with E-state index in [1.54, 1.807) is 0 Å². The van der Waals surface area contributed by atoms with Crippen molar-refractivity contribution in [3.8, 4) is 0 Å². The third-order valence-electron chi connectivity index (χ3n) is 1.72. The molecule has 0 atom stereocenters. The maximum atomic E-state index is 11.4. The Kier molecular flexibility index (Phi) is 3.91. The van der Waals surface area contributed by atoms with Crippen LogP contribution in [0, 0.1) is 0 Å². The van der Waals surface area contributed by atoms with Crippen molar-refractivity contribution in [1.82, 2.24) is 4.98 Å². The van der Waals surface area contributed by atoms with Crippen molar-refractivity contribution in [1.29, 1.82) is 0 Å². The second-order valence-corrected chi connectivity index (χ2v) is 5.72. The number of nitrogens with one attached hydrogen (secondary N) is 1. The second kappa shape index (κ2) is 4.82. The van der Waals surface area contributed by atoms with Gasteiger partial charge in [-0.3, -0.25) is 5.32 Å². The number of nitrogens with zero attached hydrogens (tertiary/aromatic N) is 1. The minimum Gasteiger partial charge on any atom is -0.444 e. The van der Waals surface area contributed by atoms with Crippen molar-refractivity contribution < 1.29 is 9.53 Å². The predicted octanol–water partition coefficient (Wildman–Crippen LogP) is 3.61. The number of carbonyl (C=O) groups excluding carboxylic acids is 1. The van der Waals surface area contributed by atoms with E-state index in [1.165, 1.54) is 11.3 Å². The standard InChI is InChI=1S/C11H18N2O2S/c1-7(2)8-6-16-9(12-8)13-10(14)15-11(3,4)5/h6-7H,1-5H3,(H,12,13,14). The number of rotatable bonds is 2. The van der Waals surface area contributed by atoms with Crippen molar-refractivity contribution in [2.75, 3.05) is 5.32 Å². The number of ether oxygens (including phenoxy) is 1. The fourth-order valence-electron chi connectivity index (χ4n) is 1.000. The zero-order chi connectivity index (χ0) is 12.3. The van der Waals surface area contributed by atoms with Gasteiger partial charge in [-0.25, -0.2) is 9.78 Å². The average molecular weight is 242 g/mol. The zero-order valence-electron chi connectivity index (χ0n) is 10.3. The molecule has 0 aromatic carbocycles. The van der Waals surface area contributed by atoms with Crippen LogP contribution in [0.15, 0.2) is 5.38 Å². The van der Waals surface area contributed by atoms with Gasteiger partial charge in [-0.05, 0) is 26.7 Å². The highest BCUT2D eigenvalue weighted by atomic mass is 32.1. The molecule has 0 saturated carbocycles. The number of aromatic nitrogens is 1. The quantitative estimate of drug-likeness (QED) is 0.861. The largest absolute Gasteiger partial charge is 0.444 e. The molecule has 1 aromatic heterocycles. The summed E-state index contributed by atoms with van der Waals surface area (Å²) in [4.78, 5) is 15.7. The van der Waals surface area contributed by atoms with E-state index < -0.39 is 11.7 Å². The van der Waals surface area contributed by atoms with Gasteiger partial charge in [0, 0.05) is 5.38 Å². The van der Waals surface area contributed by atoms with Crippen molar-refractivity contribution >= 4 is 22.6 Å². The lowest BCUT2D eigenvalue weighted by Gasteiger charge is -2.18. The molecule has 0 bridgehead atoms. The van der Waals surface area contributed by atoms with E-state index in [-0.39, 0.29) is 0 Å². The van der Waals surface area contributed by atoms with Crippen LogP contribution in [0.25, 0.3) is 0 Å². The first-order valence-corrected chi connectivity index (χ1v) is 6.11. The Morgan fingerprint density at radius 1 is 1.50 bits per heavy atom. The molecule has 5 heteroatoms. The maximum absolute atomic E-state index is 11.4. The minimum absolute atomic E-state index is 0.366. The summed E-state index contributed by atoms with van der Waals surface area (Å²) in [6.07, 6.45) is -0.461. The lowest BCUT2D eigenvalue weighted by molar-refractivity contribution is 0.0636. The van der Waals surface area contributed by atoms with Gasteiger partial charge < -0.3 is 4.74 Å². The highest BCUT2D eigenvalue weighted by molar-refractivity contribution is 7.13. The minimum atomic E-state index is -0.484. The van der Waals surface area contributed by atoms with Crippen LogP contribution in [0.5, 0.6) is 0 Å². The van der Waals surface area contributed by atoms with Gasteiger partial charge in [0.05, 0.1) is 5.69 Å². The number of hydrogen-bond acceptors (Lipinski definition) is 4. The molecule has 0 aliphatic carbocycles. The summed E-state index contributed by atoms with van der Waals surface area (Å²) < 4.78 is 5.13. The van der Waals surface area contributed by atoms with E-state index in [9.17, 15) is 4.79 Å². The maximum Gasteiger partial charge on any atom is 0.413 e. The summed E-state index contributed by atoms with van der Waals surface area (Å²) >= 11 is 1.41. The van der Waals surface area contributed by atoms with Crippen molar-refractivity contribution in [2.45, 2.75) is 46.1 Å². The fraction of sp³-hybridized carbons (Fsp3) is 0.636. The van der Waals surface area contributed by atoms with E-state index in [0.29, 0.717) is 11.0 Å². The van der Waals surface area contributed by atoms with Crippen molar-refractivity contribution in [3.05, 3.63) is 11.1 Å². The average Bonchev–Trinajstić information content (AvgIpc) is 2.48. The van der Waals surface area contributed by atoms with Crippen LogP contribution in [0.3, 0.4) is 0 Å². The molecular weight excluding hydrogens is 224 g/mol. The summed E-state index contributed by atoms with van der Waals surface area (Å²) in [6.45, 7) is 9.61. The predicted molar refractivity (Wildman–Crippen MR) is 66.1 cm³/mol. The molecule has 4 nitrogen and oxygen atoms in total. The Hall–Kier alpha value is -1.10. The Balaban J connectivity index is 2.57. The van der Waals surface area contributed by atoms with Crippen LogP contribution < -0.4 is 5.32 Å². The molecule has 0 aliphatic heterocycles. The number of thiazole rings is 1. The topological polar surface area (TPSA) is 51.2 Å². The molecule has 0 spiro atoms. The highest BCUT2D eigenvalue weighted by Crippen LogP contribution is 2.21. The molecule has 0 unspecified atom stereocenters. The third-order valence-corrected chi connectivity index (χ3v) is 2.50. The van der Waals surface area contributed by atoms with Crippen LogP contribution in [-0.2, 0) is 4.74 Å². The molecular formula is C11H18N2O2S. The van der Waals surface area contributed by atoms with Crippen LogP contribution in [0.1, 0.15) is 46.2 Å². The van der Waals surface area contributed by atoms with Gasteiger partial charge >= 0.3 is 6.09 Å². The molecule has 1 rings (SSSR count). The van der Waals surface area contributed by atoms with Gasteiger partial charge in [-0.2, -0.15) is 0 Å². The SMILES string of the molecule is CC(C)c1csc(NC(=O)OC(C)(C)C)n1. The van der Waals surface area contributed by atoms with Gasteiger partial charge in [-0.15, -0.1) is 11.3 Å². The Morgan fingerprint density at radius 2 is 2.12 bits per heavy atom. The van der Waals surface area contributed by atoms with Gasteiger partial charge in [0.25, 0.3) is 0 Å². The first-order chi connectivity index (χ1) is 7.28. The summed E-state index contributed by atoms with van der Waals surface area (Å²) in [6, 6.07) is 0. The molecule has 0 radical (unpaired) electrons. The molecule has 0 aliphatic rings.